The van der Waals surface area contributed by atoms with E-state index in [1.54, 1.807) is 12.1 Å². The molecular formula is C11H5ClFN6Na. The van der Waals surface area contributed by atoms with Crippen LogP contribution in [0.4, 0.5) is 4.39 Å². The number of rotatable bonds is 2. The van der Waals surface area contributed by atoms with Crippen molar-refractivity contribution < 1.29 is 33.9 Å². The van der Waals surface area contributed by atoms with Crippen molar-refractivity contribution >= 4 is 11.6 Å². The average molecular weight is 299 g/mol. The molecule has 0 atom stereocenters. The van der Waals surface area contributed by atoms with Crippen molar-refractivity contribution in [2.75, 3.05) is 0 Å². The number of hydrogen-bond donors (Lipinski definition) is 0. The Balaban J connectivity index is 0.00000147. The predicted molar refractivity (Wildman–Crippen MR) is 64.6 cm³/mol. The molecule has 0 saturated carbocycles. The van der Waals surface area contributed by atoms with Gasteiger partial charge in [-0.2, -0.15) is 5.21 Å². The zero-order valence-corrected chi connectivity index (χ0v) is 13.1. The molecule has 94 valence electrons. The molecule has 0 spiro atoms. The van der Waals surface area contributed by atoms with Crippen LogP contribution >= 0.6 is 11.6 Å². The fourth-order valence-electron chi connectivity index (χ4n) is 1.54. The zero-order valence-electron chi connectivity index (χ0n) is 10.3. The molecule has 3 rings (SSSR count). The maximum atomic E-state index is 13.1. The predicted octanol–water partition coefficient (Wildman–Crippen LogP) is -1.25. The standard InChI is InChI=1S/C11H5ClFN6.Na/c12-7-3-6(1-2-8(7)13)9-4-10(15-5-14-9)11-16-18-19-17-11;/h1-5H;/q-1;+1. The maximum absolute atomic E-state index is 13.1. The Morgan fingerprint density at radius 1 is 1.10 bits per heavy atom. The van der Waals surface area contributed by atoms with Gasteiger partial charge < -0.3 is 5.10 Å². The SMILES string of the molecule is Fc1ccc(-c2cc(-c3nnn[n-]3)ncn2)cc1Cl.[Na+]. The van der Waals surface area contributed by atoms with Crippen LogP contribution in [0.5, 0.6) is 0 Å². The quantitative estimate of drug-likeness (QED) is 0.550. The van der Waals surface area contributed by atoms with Gasteiger partial charge in [0.25, 0.3) is 0 Å². The van der Waals surface area contributed by atoms with Crippen LogP contribution in [0.15, 0.2) is 30.6 Å². The molecule has 0 aliphatic heterocycles. The average Bonchev–Trinajstić information content (AvgIpc) is 2.96. The Bertz CT molecular complexity index is 721. The molecule has 20 heavy (non-hydrogen) atoms. The fourth-order valence-corrected chi connectivity index (χ4v) is 1.72. The van der Waals surface area contributed by atoms with Gasteiger partial charge in [-0.1, -0.05) is 11.6 Å². The van der Waals surface area contributed by atoms with E-state index < -0.39 is 5.82 Å². The molecule has 1 aromatic carbocycles. The smallest absolute Gasteiger partial charge is 0.329 e. The molecule has 0 unspecified atom stereocenters. The summed E-state index contributed by atoms with van der Waals surface area (Å²) in [6.45, 7) is 0. The summed E-state index contributed by atoms with van der Waals surface area (Å²) >= 11 is 5.74. The Morgan fingerprint density at radius 2 is 1.90 bits per heavy atom. The molecule has 2 heterocycles. The van der Waals surface area contributed by atoms with Crippen LogP contribution in [0.3, 0.4) is 0 Å². The van der Waals surface area contributed by atoms with E-state index in [2.05, 4.69) is 30.6 Å². The van der Waals surface area contributed by atoms with Crippen LogP contribution in [0.2, 0.25) is 5.02 Å². The van der Waals surface area contributed by atoms with E-state index in [1.165, 1.54) is 18.5 Å². The molecule has 2 aromatic heterocycles. The van der Waals surface area contributed by atoms with Crippen LogP contribution in [-0.2, 0) is 0 Å². The molecular weight excluding hydrogens is 294 g/mol. The first-order chi connectivity index (χ1) is 9.24. The summed E-state index contributed by atoms with van der Waals surface area (Å²) < 4.78 is 13.1. The van der Waals surface area contributed by atoms with Gasteiger partial charge in [-0.3, -0.25) is 10.3 Å². The minimum Gasteiger partial charge on any atom is -0.329 e. The third-order valence-corrected chi connectivity index (χ3v) is 2.72. The van der Waals surface area contributed by atoms with E-state index in [0.29, 0.717) is 22.8 Å². The van der Waals surface area contributed by atoms with E-state index in [4.69, 9.17) is 11.6 Å². The minimum atomic E-state index is -0.479. The van der Waals surface area contributed by atoms with Gasteiger partial charge in [-0.25, -0.2) is 14.4 Å². The largest absolute Gasteiger partial charge is 1.00 e. The van der Waals surface area contributed by atoms with Gasteiger partial charge in [0, 0.05) is 5.56 Å². The van der Waals surface area contributed by atoms with Gasteiger partial charge in [0.15, 0.2) is 0 Å². The van der Waals surface area contributed by atoms with Crippen LogP contribution in [0.1, 0.15) is 0 Å². The molecule has 6 nitrogen and oxygen atoms in total. The second kappa shape index (κ2) is 6.36. The van der Waals surface area contributed by atoms with Gasteiger partial charge >= 0.3 is 29.6 Å². The van der Waals surface area contributed by atoms with Gasteiger partial charge in [0.1, 0.15) is 12.1 Å². The summed E-state index contributed by atoms with van der Waals surface area (Å²) in [6, 6.07) is 6.00. The van der Waals surface area contributed by atoms with Crippen molar-refractivity contribution in [3.05, 3.63) is 41.4 Å². The Morgan fingerprint density at radius 3 is 2.60 bits per heavy atom. The van der Waals surface area contributed by atoms with Crippen LogP contribution < -0.4 is 34.7 Å². The van der Waals surface area contributed by atoms with Crippen molar-refractivity contribution in [2.24, 2.45) is 0 Å². The normalized spacial score (nSPS) is 10.1. The van der Waals surface area contributed by atoms with Crippen molar-refractivity contribution in [2.45, 2.75) is 0 Å². The van der Waals surface area contributed by atoms with E-state index in [9.17, 15) is 4.39 Å². The van der Waals surface area contributed by atoms with E-state index in [0.717, 1.165) is 0 Å². The molecule has 0 bridgehead atoms. The third kappa shape index (κ3) is 3.01. The minimum absolute atomic E-state index is 0. The fraction of sp³-hybridized carbons (Fsp3) is 0. The summed E-state index contributed by atoms with van der Waals surface area (Å²) in [7, 11) is 0. The van der Waals surface area contributed by atoms with E-state index in [1.807, 2.05) is 0 Å². The second-order valence-corrected chi connectivity index (χ2v) is 4.03. The summed E-state index contributed by atoms with van der Waals surface area (Å²) in [4.78, 5) is 8.13. The molecule has 9 heteroatoms. The Labute approximate surface area is 140 Å². The summed E-state index contributed by atoms with van der Waals surface area (Å²) in [5, 5.41) is 14.2. The number of benzene rings is 1. The first-order valence-electron chi connectivity index (χ1n) is 5.20. The van der Waals surface area contributed by atoms with Crippen molar-refractivity contribution in [3.63, 3.8) is 0 Å². The molecule has 0 fully saturated rings. The summed E-state index contributed by atoms with van der Waals surface area (Å²) in [6.07, 6.45) is 1.36. The van der Waals surface area contributed by atoms with Gasteiger partial charge in [-0.05, 0) is 24.3 Å². The molecule has 0 N–H and O–H groups in total. The van der Waals surface area contributed by atoms with Crippen LogP contribution in [0, 0.1) is 5.82 Å². The van der Waals surface area contributed by atoms with Gasteiger partial charge in [0.2, 0.25) is 0 Å². The molecule has 0 saturated heterocycles. The molecule has 0 amide bonds. The van der Waals surface area contributed by atoms with E-state index >= 15 is 0 Å². The van der Waals surface area contributed by atoms with E-state index in [-0.39, 0.29) is 34.6 Å². The molecule has 0 aliphatic rings. The van der Waals surface area contributed by atoms with Gasteiger partial charge in [0.05, 0.1) is 22.2 Å². The first kappa shape index (κ1) is 15.0. The molecule has 3 aromatic rings. The summed E-state index contributed by atoms with van der Waals surface area (Å²) in [5.74, 6) is -0.177. The molecule has 0 radical (unpaired) electrons. The number of aromatic nitrogens is 6. The first-order valence-corrected chi connectivity index (χ1v) is 5.58. The topological polar surface area (TPSA) is 78.5 Å². The Kier molecular flexibility index (Phi) is 4.77. The van der Waals surface area contributed by atoms with Gasteiger partial charge in [-0.15, -0.1) is 0 Å². The van der Waals surface area contributed by atoms with Crippen LogP contribution in [0.25, 0.3) is 22.8 Å². The summed E-state index contributed by atoms with van der Waals surface area (Å²) in [5.41, 5.74) is 1.73. The van der Waals surface area contributed by atoms with Crippen LogP contribution in [-0.4, -0.2) is 25.5 Å². The number of nitrogens with zero attached hydrogens (tertiary/aromatic N) is 6. The van der Waals surface area contributed by atoms with Crippen molar-refractivity contribution in [1.82, 2.24) is 30.6 Å². The monoisotopic (exact) mass is 298 g/mol. The Hall–Kier alpha value is -1.41. The number of halogens is 2. The maximum Gasteiger partial charge on any atom is 1.00 e. The van der Waals surface area contributed by atoms with Crippen molar-refractivity contribution in [1.29, 1.82) is 0 Å². The molecule has 0 aliphatic carbocycles. The number of tetrazole rings is 1. The zero-order chi connectivity index (χ0) is 13.2. The second-order valence-electron chi connectivity index (χ2n) is 3.62. The third-order valence-electron chi connectivity index (χ3n) is 2.43. The number of hydrogen-bond acceptors (Lipinski definition) is 5. The van der Waals surface area contributed by atoms with Crippen molar-refractivity contribution in [3.8, 4) is 22.8 Å².